The number of carbonyl (C=O) groups is 1. The second kappa shape index (κ2) is 7.59. The molecule has 1 aromatic heterocycles. The van der Waals surface area contributed by atoms with E-state index in [0.717, 1.165) is 6.42 Å². The van der Waals surface area contributed by atoms with E-state index >= 15 is 0 Å². The number of nitrogens with one attached hydrogen (secondary N) is 2. The van der Waals surface area contributed by atoms with Crippen LogP contribution in [0.3, 0.4) is 0 Å². The molecule has 0 aliphatic heterocycles. The highest BCUT2D eigenvalue weighted by atomic mass is 32.1. The van der Waals surface area contributed by atoms with Gasteiger partial charge in [-0.3, -0.25) is 4.98 Å². The van der Waals surface area contributed by atoms with Gasteiger partial charge >= 0.3 is 6.09 Å². The summed E-state index contributed by atoms with van der Waals surface area (Å²) >= 11 is 1.62. The molecule has 1 fully saturated rings. The maximum Gasteiger partial charge on any atom is 0.407 e. The zero-order valence-electron chi connectivity index (χ0n) is 14.5. The number of aromatic nitrogens is 1. The van der Waals surface area contributed by atoms with E-state index < -0.39 is 5.60 Å². The third-order valence-electron chi connectivity index (χ3n) is 3.72. The van der Waals surface area contributed by atoms with Crippen molar-refractivity contribution in [2.24, 2.45) is 0 Å². The lowest BCUT2D eigenvalue weighted by molar-refractivity contribution is -0.0461. The van der Waals surface area contributed by atoms with E-state index in [4.69, 9.17) is 9.47 Å². The third-order valence-corrected chi connectivity index (χ3v) is 4.68. The van der Waals surface area contributed by atoms with Gasteiger partial charge in [-0.25, -0.2) is 4.79 Å². The first kappa shape index (κ1) is 18.2. The second-order valence-corrected chi connectivity index (χ2v) is 7.72. The maximum absolute atomic E-state index is 12.0. The lowest BCUT2D eigenvalue weighted by Crippen LogP contribution is -2.66. The summed E-state index contributed by atoms with van der Waals surface area (Å²) in [5.74, 6) is 0. The van der Waals surface area contributed by atoms with Crippen molar-refractivity contribution >= 4 is 17.4 Å². The van der Waals surface area contributed by atoms with Crippen LogP contribution in [0.2, 0.25) is 0 Å². The van der Waals surface area contributed by atoms with Crippen molar-refractivity contribution in [3.8, 4) is 0 Å². The van der Waals surface area contributed by atoms with E-state index in [1.807, 2.05) is 39.4 Å². The summed E-state index contributed by atoms with van der Waals surface area (Å²) in [5.41, 5.74) is 1.33. The normalized spacial score (nSPS) is 25.5. The molecule has 4 atom stereocenters. The van der Waals surface area contributed by atoms with E-state index in [9.17, 15) is 4.79 Å². The Hall–Kier alpha value is -1.18. The van der Waals surface area contributed by atoms with E-state index in [-0.39, 0.29) is 30.3 Å². The van der Waals surface area contributed by atoms with Crippen LogP contribution in [0, 0.1) is 0 Å². The van der Waals surface area contributed by atoms with Crippen molar-refractivity contribution in [2.45, 2.75) is 70.9 Å². The fraction of sp³-hybridized carbons (Fsp3) is 0.750. The van der Waals surface area contributed by atoms with Crippen LogP contribution in [0.5, 0.6) is 0 Å². The molecule has 1 amide bonds. The Morgan fingerprint density at radius 2 is 2.26 bits per heavy atom. The highest BCUT2D eigenvalue weighted by Gasteiger charge is 2.43. The summed E-state index contributed by atoms with van der Waals surface area (Å²) in [7, 11) is 0. The Morgan fingerprint density at radius 1 is 1.52 bits per heavy atom. The standard InChI is InChI=1S/C16H27N3O3S/c1-6-21-12-7-11(19-15(20)22-16(3,4)5)14(12)18-10(2)13-8-17-9-23-13/h8-12,14,18H,6-7H2,1-5H3,(H,19,20). The summed E-state index contributed by atoms with van der Waals surface area (Å²) < 4.78 is 11.1. The van der Waals surface area contributed by atoms with Gasteiger partial charge in [-0.1, -0.05) is 0 Å². The first-order valence-corrected chi connectivity index (χ1v) is 8.93. The van der Waals surface area contributed by atoms with Crippen molar-refractivity contribution in [1.82, 2.24) is 15.6 Å². The van der Waals surface area contributed by atoms with Gasteiger partial charge in [0, 0.05) is 23.7 Å². The van der Waals surface area contributed by atoms with Gasteiger partial charge in [-0.05, 0) is 41.0 Å². The number of nitrogens with zero attached hydrogens (tertiary/aromatic N) is 1. The van der Waals surface area contributed by atoms with Crippen molar-refractivity contribution in [3.05, 3.63) is 16.6 Å². The summed E-state index contributed by atoms with van der Waals surface area (Å²) in [6, 6.07) is 0.245. The predicted octanol–water partition coefficient (Wildman–Crippen LogP) is 2.86. The van der Waals surface area contributed by atoms with Gasteiger partial charge in [-0.2, -0.15) is 0 Å². The van der Waals surface area contributed by atoms with Crippen molar-refractivity contribution in [1.29, 1.82) is 0 Å². The van der Waals surface area contributed by atoms with Crippen molar-refractivity contribution < 1.29 is 14.3 Å². The molecule has 4 unspecified atom stereocenters. The van der Waals surface area contributed by atoms with Gasteiger partial charge in [0.05, 0.1) is 23.7 Å². The van der Waals surface area contributed by atoms with Crippen LogP contribution in [0.15, 0.2) is 11.7 Å². The molecular weight excluding hydrogens is 314 g/mol. The Labute approximate surface area is 142 Å². The summed E-state index contributed by atoms with van der Waals surface area (Å²) in [4.78, 5) is 17.3. The van der Waals surface area contributed by atoms with Crippen LogP contribution in [-0.2, 0) is 9.47 Å². The molecule has 1 aliphatic carbocycles. The number of thiazole rings is 1. The Bertz CT molecular complexity index is 501. The van der Waals surface area contributed by atoms with E-state index in [1.165, 1.54) is 4.88 Å². The maximum atomic E-state index is 12.0. The fourth-order valence-corrected chi connectivity index (χ4v) is 3.27. The third kappa shape index (κ3) is 5.16. The van der Waals surface area contributed by atoms with Gasteiger partial charge in [0.15, 0.2) is 0 Å². The molecule has 0 aromatic carbocycles. The average molecular weight is 341 g/mol. The van der Waals surface area contributed by atoms with Gasteiger partial charge in [0.25, 0.3) is 0 Å². The van der Waals surface area contributed by atoms with E-state index in [0.29, 0.717) is 6.61 Å². The van der Waals surface area contributed by atoms with Crippen LogP contribution in [0.1, 0.15) is 52.0 Å². The van der Waals surface area contributed by atoms with E-state index in [2.05, 4.69) is 22.5 Å². The molecule has 1 aromatic rings. The number of hydrogen-bond acceptors (Lipinski definition) is 6. The Balaban J connectivity index is 1.93. The fourth-order valence-electron chi connectivity index (χ4n) is 2.63. The number of alkyl carbamates (subject to hydrolysis) is 1. The molecule has 6 nitrogen and oxygen atoms in total. The van der Waals surface area contributed by atoms with Crippen molar-refractivity contribution in [2.75, 3.05) is 6.61 Å². The zero-order chi connectivity index (χ0) is 17.0. The predicted molar refractivity (Wildman–Crippen MR) is 90.6 cm³/mol. The minimum Gasteiger partial charge on any atom is -0.444 e. The zero-order valence-corrected chi connectivity index (χ0v) is 15.3. The molecule has 7 heteroatoms. The Kier molecular flexibility index (Phi) is 6.00. The lowest BCUT2D eigenvalue weighted by atomic mass is 9.82. The second-order valence-electron chi connectivity index (χ2n) is 6.80. The molecule has 0 saturated heterocycles. The van der Waals surface area contributed by atoms with Crippen LogP contribution in [0.4, 0.5) is 4.79 Å². The molecule has 1 aliphatic rings. The van der Waals surface area contributed by atoms with Gasteiger partial charge in [0.2, 0.25) is 0 Å². The van der Waals surface area contributed by atoms with Crippen LogP contribution < -0.4 is 10.6 Å². The lowest BCUT2D eigenvalue weighted by Gasteiger charge is -2.46. The van der Waals surface area contributed by atoms with Crippen LogP contribution >= 0.6 is 11.3 Å². The molecular formula is C16H27N3O3S. The number of hydrogen-bond donors (Lipinski definition) is 2. The largest absolute Gasteiger partial charge is 0.444 e. The topological polar surface area (TPSA) is 72.5 Å². The minimum absolute atomic E-state index is 0.0109. The molecule has 0 spiro atoms. The quantitative estimate of drug-likeness (QED) is 0.832. The first-order valence-electron chi connectivity index (χ1n) is 8.05. The summed E-state index contributed by atoms with van der Waals surface area (Å²) in [6.07, 6.45) is 2.39. The number of amides is 1. The molecule has 1 heterocycles. The molecule has 1 saturated carbocycles. The molecule has 23 heavy (non-hydrogen) atoms. The van der Waals surface area contributed by atoms with Crippen LogP contribution in [-0.4, -0.2) is 41.5 Å². The molecule has 0 radical (unpaired) electrons. The highest BCUT2D eigenvalue weighted by Crippen LogP contribution is 2.28. The van der Waals surface area contributed by atoms with Crippen molar-refractivity contribution in [3.63, 3.8) is 0 Å². The molecule has 0 bridgehead atoms. The summed E-state index contributed by atoms with van der Waals surface area (Å²) in [5, 5.41) is 6.49. The monoisotopic (exact) mass is 341 g/mol. The molecule has 130 valence electrons. The molecule has 2 N–H and O–H groups in total. The minimum atomic E-state index is -0.494. The smallest absolute Gasteiger partial charge is 0.407 e. The number of rotatable bonds is 6. The highest BCUT2D eigenvalue weighted by molar-refractivity contribution is 7.09. The first-order chi connectivity index (χ1) is 10.8. The van der Waals surface area contributed by atoms with E-state index in [1.54, 1.807) is 11.3 Å². The van der Waals surface area contributed by atoms with Gasteiger partial charge in [0.1, 0.15) is 5.60 Å². The summed E-state index contributed by atoms with van der Waals surface area (Å²) in [6.45, 7) is 10.3. The Morgan fingerprint density at radius 3 is 2.83 bits per heavy atom. The number of ether oxygens (including phenoxy) is 2. The SMILES string of the molecule is CCOC1CC(NC(=O)OC(C)(C)C)C1NC(C)c1cncs1. The van der Waals surface area contributed by atoms with Gasteiger partial charge < -0.3 is 20.1 Å². The number of carbonyl (C=O) groups excluding carboxylic acids is 1. The van der Waals surface area contributed by atoms with Gasteiger partial charge in [-0.15, -0.1) is 11.3 Å². The molecule has 2 rings (SSSR count). The van der Waals surface area contributed by atoms with Crippen LogP contribution in [0.25, 0.3) is 0 Å². The average Bonchev–Trinajstić information content (AvgIpc) is 2.95.